The van der Waals surface area contributed by atoms with Crippen LogP contribution in [0, 0.1) is 5.92 Å². The van der Waals surface area contributed by atoms with Gasteiger partial charge in [-0.1, -0.05) is 30.3 Å². The van der Waals surface area contributed by atoms with E-state index in [1.807, 2.05) is 30.3 Å². The van der Waals surface area contributed by atoms with Gasteiger partial charge in [0.1, 0.15) is 5.69 Å². The number of β-amino-alcohol motifs (C(OH)–C–C–N with tert-alkyl or cyclic N) is 1. The Morgan fingerprint density at radius 2 is 2.04 bits per heavy atom. The van der Waals surface area contributed by atoms with E-state index in [9.17, 15) is 9.90 Å². The number of rotatable bonds is 4. The molecule has 27 heavy (non-hydrogen) atoms. The Bertz CT molecular complexity index is 926. The van der Waals surface area contributed by atoms with E-state index < -0.39 is 6.10 Å². The predicted molar refractivity (Wildman–Crippen MR) is 99.8 cm³/mol. The number of benzene rings is 1. The lowest BCUT2D eigenvalue weighted by atomic mass is 10.0. The molecule has 1 aromatic carbocycles. The Morgan fingerprint density at radius 1 is 1.22 bits per heavy atom. The number of aryl methyl sites for hydroxylation is 1. The van der Waals surface area contributed by atoms with Crippen LogP contribution in [-0.2, 0) is 13.5 Å². The van der Waals surface area contributed by atoms with Gasteiger partial charge in [0.05, 0.1) is 17.5 Å². The summed E-state index contributed by atoms with van der Waals surface area (Å²) in [5.41, 5.74) is 3.07. The molecule has 0 saturated carbocycles. The Morgan fingerprint density at radius 3 is 2.78 bits per heavy atom. The lowest BCUT2D eigenvalue weighted by Gasteiger charge is -2.15. The second kappa shape index (κ2) is 7.28. The number of aliphatic hydroxyl groups is 1. The number of nitrogens with zero attached hydrogens (tertiary/aromatic N) is 5. The summed E-state index contributed by atoms with van der Waals surface area (Å²) in [6.07, 6.45) is 4.99. The van der Waals surface area contributed by atoms with Gasteiger partial charge in [-0.3, -0.25) is 19.4 Å². The zero-order valence-corrected chi connectivity index (χ0v) is 15.1. The van der Waals surface area contributed by atoms with Crippen LogP contribution >= 0.6 is 0 Å². The number of aromatic nitrogens is 4. The van der Waals surface area contributed by atoms with E-state index in [2.05, 4.69) is 15.1 Å². The largest absolute Gasteiger partial charge is 0.391 e. The average Bonchev–Trinajstić information content (AvgIpc) is 3.26. The summed E-state index contributed by atoms with van der Waals surface area (Å²) >= 11 is 0. The van der Waals surface area contributed by atoms with Crippen molar-refractivity contribution >= 4 is 5.91 Å². The summed E-state index contributed by atoms with van der Waals surface area (Å²) in [7, 11) is 1.77. The molecule has 3 aromatic rings. The van der Waals surface area contributed by atoms with Gasteiger partial charge >= 0.3 is 0 Å². The third-order valence-corrected chi connectivity index (χ3v) is 4.95. The van der Waals surface area contributed by atoms with Crippen molar-refractivity contribution in [3.63, 3.8) is 0 Å². The third-order valence-electron chi connectivity index (χ3n) is 4.95. The maximum atomic E-state index is 13.0. The SMILES string of the molecule is Cn1nc(-c2ccccc2)cc1C(=O)N1C[C@@H](Cc2cnccn2)[C@H](O)C1. The maximum absolute atomic E-state index is 13.0. The van der Waals surface area contributed by atoms with Crippen molar-refractivity contribution < 1.29 is 9.90 Å². The zero-order chi connectivity index (χ0) is 18.8. The molecule has 1 aliphatic rings. The van der Waals surface area contributed by atoms with Gasteiger partial charge in [0.25, 0.3) is 5.91 Å². The first kappa shape index (κ1) is 17.4. The molecule has 3 heterocycles. The fourth-order valence-corrected chi connectivity index (χ4v) is 3.50. The monoisotopic (exact) mass is 363 g/mol. The molecule has 2 atom stereocenters. The maximum Gasteiger partial charge on any atom is 0.272 e. The van der Waals surface area contributed by atoms with Gasteiger partial charge < -0.3 is 10.0 Å². The fourth-order valence-electron chi connectivity index (χ4n) is 3.50. The number of hydrogen-bond donors (Lipinski definition) is 1. The van der Waals surface area contributed by atoms with Crippen molar-refractivity contribution in [2.45, 2.75) is 12.5 Å². The van der Waals surface area contributed by atoms with Gasteiger partial charge in [0.15, 0.2) is 0 Å². The van der Waals surface area contributed by atoms with Crippen molar-refractivity contribution in [3.05, 3.63) is 66.4 Å². The van der Waals surface area contributed by atoms with Crippen molar-refractivity contribution in [3.8, 4) is 11.3 Å². The molecule has 0 spiro atoms. The van der Waals surface area contributed by atoms with Gasteiger partial charge in [-0.15, -0.1) is 0 Å². The lowest BCUT2D eigenvalue weighted by Crippen LogP contribution is -2.31. The number of likely N-dealkylation sites (tertiary alicyclic amines) is 1. The minimum Gasteiger partial charge on any atom is -0.391 e. The molecule has 2 aromatic heterocycles. The number of aliphatic hydroxyl groups excluding tert-OH is 1. The van der Waals surface area contributed by atoms with E-state index >= 15 is 0 Å². The van der Waals surface area contributed by atoms with Crippen LogP contribution in [0.2, 0.25) is 0 Å². The molecule has 7 nitrogen and oxygen atoms in total. The molecule has 0 unspecified atom stereocenters. The summed E-state index contributed by atoms with van der Waals surface area (Å²) in [4.78, 5) is 23.0. The predicted octanol–water partition coefficient (Wildman–Crippen LogP) is 1.55. The summed E-state index contributed by atoms with van der Waals surface area (Å²) in [5, 5.41) is 14.9. The van der Waals surface area contributed by atoms with Gasteiger partial charge in [-0.2, -0.15) is 5.10 Å². The molecule has 1 N–H and O–H groups in total. The highest BCUT2D eigenvalue weighted by molar-refractivity contribution is 5.94. The highest BCUT2D eigenvalue weighted by atomic mass is 16.3. The Balaban J connectivity index is 1.49. The minimum absolute atomic E-state index is 0.0486. The van der Waals surface area contributed by atoms with Crippen LogP contribution in [0.3, 0.4) is 0 Å². The van der Waals surface area contributed by atoms with E-state index in [4.69, 9.17) is 0 Å². The van der Waals surface area contributed by atoms with Crippen molar-refractivity contribution in [2.24, 2.45) is 13.0 Å². The van der Waals surface area contributed by atoms with Gasteiger partial charge in [0, 0.05) is 50.2 Å². The second-order valence-electron chi connectivity index (χ2n) is 6.84. The normalized spacial score (nSPS) is 19.4. The lowest BCUT2D eigenvalue weighted by molar-refractivity contribution is 0.0754. The van der Waals surface area contributed by atoms with Gasteiger partial charge in [-0.25, -0.2) is 0 Å². The standard InChI is InChI=1S/C20H21N5O2/c1-24-18(10-17(23-24)14-5-3-2-4-6-14)20(27)25-12-15(19(26)13-25)9-16-11-21-7-8-22-16/h2-8,10-11,15,19,26H,9,12-13H2,1H3/t15-,19-/m1/s1. The highest BCUT2D eigenvalue weighted by Gasteiger charge is 2.35. The molecular formula is C20H21N5O2. The topological polar surface area (TPSA) is 84.1 Å². The van der Waals surface area contributed by atoms with Gasteiger partial charge in [-0.05, 0) is 12.5 Å². The Kier molecular flexibility index (Phi) is 4.68. The van der Waals surface area contributed by atoms with Crippen LogP contribution in [0.4, 0.5) is 0 Å². The first-order valence-corrected chi connectivity index (χ1v) is 8.93. The van der Waals surface area contributed by atoms with E-state index in [0.717, 1.165) is 17.0 Å². The quantitative estimate of drug-likeness (QED) is 0.760. The Hall–Kier alpha value is -3.06. The molecule has 1 fully saturated rings. The molecule has 4 rings (SSSR count). The molecule has 7 heteroatoms. The van der Waals surface area contributed by atoms with Crippen molar-refractivity contribution in [1.29, 1.82) is 0 Å². The van der Waals surface area contributed by atoms with Crippen LogP contribution in [-0.4, -0.2) is 54.9 Å². The van der Waals surface area contributed by atoms with Crippen LogP contribution in [0.5, 0.6) is 0 Å². The molecular weight excluding hydrogens is 342 g/mol. The molecule has 0 bridgehead atoms. The summed E-state index contributed by atoms with van der Waals surface area (Å²) in [5.74, 6) is -0.166. The van der Waals surface area contributed by atoms with Crippen LogP contribution in [0.25, 0.3) is 11.3 Å². The number of hydrogen-bond acceptors (Lipinski definition) is 5. The minimum atomic E-state index is -0.572. The van der Waals surface area contributed by atoms with E-state index in [-0.39, 0.29) is 11.8 Å². The number of carbonyl (C=O) groups is 1. The summed E-state index contributed by atoms with van der Waals surface area (Å²) in [6.45, 7) is 0.804. The van der Waals surface area contributed by atoms with E-state index in [1.54, 1.807) is 41.3 Å². The third kappa shape index (κ3) is 3.59. The molecule has 0 radical (unpaired) electrons. The van der Waals surface area contributed by atoms with Gasteiger partial charge in [0.2, 0.25) is 0 Å². The molecule has 1 aliphatic heterocycles. The number of carbonyl (C=O) groups excluding carboxylic acids is 1. The zero-order valence-electron chi connectivity index (χ0n) is 15.1. The molecule has 0 aliphatic carbocycles. The molecule has 138 valence electrons. The van der Waals surface area contributed by atoms with Crippen LogP contribution in [0.15, 0.2) is 55.0 Å². The van der Waals surface area contributed by atoms with Crippen LogP contribution < -0.4 is 0 Å². The summed E-state index contributed by atoms with van der Waals surface area (Å²) < 4.78 is 1.60. The smallest absolute Gasteiger partial charge is 0.272 e. The van der Waals surface area contributed by atoms with E-state index in [1.165, 1.54) is 0 Å². The van der Waals surface area contributed by atoms with Crippen molar-refractivity contribution in [1.82, 2.24) is 24.6 Å². The average molecular weight is 363 g/mol. The Labute approximate surface area is 157 Å². The first-order valence-electron chi connectivity index (χ1n) is 8.93. The first-order chi connectivity index (χ1) is 13.1. The summed E-state index contributed by atoms with van der Waals surface area (Å²) in [6, 6.07) is 11.6. The highest BCUT2D eigenvalue weighted by Crippen LogP contribution is 2.24. The number of amides is 1. The molecule has 1 saturated heterocycles. The fraction of sp³-hybridized carbons (Fsp3) is 0.300. The second-order valence-corrected chi connectivity index (χ2v) is 6.84. The van der Waals surface area contributed by atoms with E-state index in [0.29, 0.717) is 25.2 Å². The van der Waals surface area contributed by atoms with Crippen LogP contribution in [0.1, 0.15) is 16.2 Å². The molecule has 1 amide bonds. The van der Waals surface area contributed by atoms with Crippen molar-refractivity contribution in [2.75, 3.05) is 13.1 Å².